The molecule has 0 unspecified atom stereocenters. The lowest BCUT2D eigenvalue weighted by atomic mass is 10.4. The van der Waals surface area contributed by atoms with Crippen LogP contribution in [0, 0.1) is 5.82 Å². The van der Waals surface area contributed by atoms with Crippen LogP contribution in [0.25, 0.3) is 0 Å². The van der Waals surface area contributed by atoms with Crippen molar-refractivity contribution in [2.45, 2.75) is 4.90 Å². The molecule has 8 heteroatoms. The number of benzene rings is 1. The first kappa shape index (κ1) is 20.8. The summed E-state index contributed by atoms with van der Waals surface area (Å²) in [6.45, 7) is 1.75. The lowest BCUT2D eigenvalue weighted by Gasteiger charge is -2.17. The molecule has 22 heavy (non-hydrogen) atoms. The molecule has 4 N–H and O–H groups in total. The number of aliphatic hydroxyl groups is 3. The summed E-state index contributed by atoms with van der Waals surface area (Å²) in [4.78, 5) is 12.7. The van der Waals surface area contributed by atoms with Crippen molar-refractivity contribution >= 4 is 17.7 Å². The van der Waals surface area contributed by atoms with Gasteiger partial charge in [-0.05, 0) is 24.3 Å². The van der Waals surface area contributed by atoms with Gasteiger partial charge in [-0.1, -0.05) is 0 Å². The number of aliphatic carboxylic acids is 1. The Labute approximate surface area is 133 Å². The molecular formula is C14H22FNO5S. The minimum Gasteiger partial charge on any atom is -0.481 e. The van der Waals surface area contributed by atoms with Crippen molar-refractivity contribution < 1.29 is 29.6 Å². The zero-order valence-electron chi connectivity index (χ0n) is 12.2. The van der Waals surface area contributed by atoms with Crippen LogP contribution in [-0.2, 0) is 4.79 Å². The number of halogens is 1. The lowest BCUT2D eigenvalue weighted by molar-refractivity contribution is -0.133. The Hall–Kier alpha value is -1.19. The van der Waals surface area contributed by atoms with Crippen molar-refractivity contribution in [3.05, 3.63) is 30.1 Å². The maximum atomic E-state index is 12.4. The predicted molar refractivity (Wildman–Crippen MR) is 82.5 cm³/mol. The standard InChI is InChI=1S/C8H7FO2S.C6H15NO3/c9-6-1-3-7(4-2-6)12-5-8(10)11;8-4-1-7(2-5-9)3-6-10/h1-4H,5H2,(H,10,11);8-10H,1-6H2. The average Bonchev–Trinajstić information content (AvgIpc) is 2.48. The van der Waals surface area contributed by atoms with Gasteiger partial charge in [0.2, 0.25) is 0 Å². The van der Waals surface area contributed by atoms with Crippen molar-refractivity contribution in [1.82, 2.24) is 4.90 Å². The molecule has 0 bridgehead atoms. The van der Waals surface area contributed by atoms with Crippen molar-refractivity contribution in [3.63, 3.8) is 0 Å². The van der Waals surface area contributed by atoms with E-state index in [1.807, 2.05) is 0 Å². The molecule has 0 aliphatic heterocycles. The van der Waals surface area contributed by atoms with E-state index in [0.29, 0.717) is 19.6 Å². The van der Waals surface area contributed by atoms with E-state index >= 15 is 0 Å². The number of hydrogen-bond acceptors (Lipinski definition) is 6. The first-order chi connectivity index (χ1) is 10.5. The van der Waals surface area contributed by atoms with Crippen LogP contribution in [0.1, 0.15) is 0 Å². The van der Waals surface area contributed by atoms with Gasteiger partial charge in [0.05, 0.1) is 25.6 Å². The van der Waals surface area contributed by atoms with Crippen LogP contribution in [0.2, 0.25) is 0 Å². The summed E-state index contributed by atoms with van der Waals surface area (Å²) in [6.07, 6.45) is 0. The molecule has 0 aliphatic rings. The summed E-state index contributed by atoms with van der Waals surface area (Å²) >= 11 is 1.17. The van der Waals surface area contributed by atoms with E-state index in [9.17, 15) is 9.18 Å². The largest absolute Gasteiger partial charge is 0.481 e. The highest BCUT2D eigenvalue weighted by atomic mass is 32.2. The summed E-state index contributed by atoms with van der Waals surface area (Å²) in [7, 11) is 0. The van der Waals surface area contributed by atoms with Crippen molar-refractivity contribution in [2.75, 3.05) is 45.2 Å². The number of nitrogens with zero attached hydrogens (tertiary/aromatic N) is 1. The minimum absolute atomic E-state index is 0.00559. The fourth-order valence-corrected chi connectivity index (χ4v) is 2.05. The summed E-state index contributed by atoms with van der Waals surface area (Å²) < 4.78 is 12.4. The molecule has 0 atom stereocenters. The van der Waals surface area contributed by atoms with Gasteiger partial charge >= 0.3 is 5.97 Å². The third-order valence-corrected chi connectivity index (χ3v) is 3.42. The molecule has 0 radical (unpaired) electrons. The van der Waals surface area contributed by atoms with Crippen LogP contribution in [0.3, 0.4) is 0 Å². The zero-order chi connectivity index (χ0) is 16.8. The monoisotopic (exact) mass is 335 g/mol. The zero-order valence-corrected chi connectivity index (χ0v) is 13.0. The lowest BCUT2D eigenvalue weighted by Crippen LogP contribution is -2.32. The molecule has 1 aromatic rings. The predicted octanol–water partition coefficient (Wildman–Crippen LogP) is 0.268. The number of thioether (sulfide) groups is 1. The van der Waals surface area contributed by atoms with Gasteiger partial charge in [-0.15, -0.1) is 11.8 Å². The van der Waals surface area contributed by atoms with E-state index in [-0.39, 0.29) is 31.4 Å². The van der Waals surface area contributed by atoms with Gasteiger partial charge < -0.3 is 20.4 Å². The Morgan fingerprint density at radius 3 is 1.82 bits per heavy atom. The maximum Gasteiger partial charge on any atom is 0.313 e. The Morgan fingerprint density at radius 1 is 1.00 bits per heavy atom. The topological polar surface area (TPSA) is 101 Å². The Balaban J connectivity index is 0.000000409. The number of carboxylic acid groups (broad SMARTS) is 1. The first-order valence-corrected chi connectivity index (χ1v) is 7.67. The Kier molecular flexibility index (Phi) is 12.7. The summed E-state index contributed by atoms with van der Waals surface area (Å²) in [5.41, 5.74) is 0. The molecule has 1 rings (SSSR count). The molecule has 0 aliphatic carbocycles. The van der Waals surface area contributed by atoms with E-state index in [4.69, 9.17) is 20.4 Å². The van der Waals surface area contributed by atoms with Gasteiger partial charge in [-0.25, -0.2) is 4.39 Å². The number of carbonyl (C=O) groups is 1. The third kappa shape index (κ3) is 11.5. The highest BCUT2D eigenvalue weighted by Crippen LogP contribution is 2.17. The summed E-state index contributed by atoms with van der Waals surface area (Å²) in [5.74, 6) is -1.18. The van der Waals surface area contributed by atoms with Crippen LogP contribution in [-0.4, -0.2) is 76.5 Å². The number of carboxylic acids is 1. The molecular weight excluding hydrogens is 313 g/mol. The second-order valence-corrected chi connectivity index (χ2v) is 5.20. The molecule has 0 saturated carbocycles. The van der Waals surface area contributed by atoms with Crippen molar-refractivity contribution in [1.29, 1.82) is 0 Å². The third-order valence-electron chi connectivity index (χ3n) is 2.42. The first-order valence-electron chi connectivity index (χ1n) is 6.68. The fourth-order valence-electron chi connectivity index (χ4n) is 1.44. The Bertz CT molecular complexity index is 390. The molecule has 6 nitrogen and oxygen atoms in total. The SMILES string of the molecule is O=C(O)CSc1ccc(F)cc1.OCCN(CCO)CCO. The fraction of sp³-hybridized carbons (Fsp3) is 0.500. The molecule has 0 saturated heterocycles. The van der Waals surface area contributed by atoms with Gasteiger partial charge in [-0.2, -0.15) is 0 Å². The number of aliphatic hydroxyl groups excluding tert-OH is 3. The van der Waals surface area contributed by atoms with Crippen LogP contribution >= 0.6 is 11.8 Å². The molecule has 0 spiro atoms. The maximum absolute atomic E-state index is 12.4. The molecule has 0 aromatic heterocycles. The summed E-state index contributed by atoms with van der Waals surface area (Å²) in [5, 5.41) is 33.8. The van der Waals surface area contributed by atoms with Gasteiger partial charge in [0, 0.05) is 24.5 Å². The molecule has 0 fully saturated rings. The summed E-state index contributed by atoms with van der Waals surface area (Å²) in [6, 6.07) is 5.74. The van der Waals surface area contributed by atoms with E-state index < -0.39 is 5.97 Å². The van der Waals surface area contributed by atoms with E-state index in [1.54, 1.807) is 17.0 Å². The van der Waals surface area contributed by atoms with Gasteiger partial charge in [0.25, 0.3) is 0 Å². The second kappa shape index (κ2) is 13.5. The smallest absolute Gasteiger partial charge is 0.313 e. The molecule has 126 valence electrons. The van der Waals surface area contributed by atoms with E-state index in [1.165, 1.54) is 23.9 Å². The van der Waals surface area contributed by atoms with Crippen LogP contribution in [0.15, 0.2) is 29.2 Å². The second-order valence-electron chi connectivity index (χ2n) is 4.15. The number of hydrogen-bond donors (Lipinski definition) is 4. The van der Waals surface area contributed by atoms with Crippen molar-refractivity contribution in [3.8, 4) is 0 Å². The van der Waals surface area contributed by atoms with Crippen molar-refractivity contribution in [2.24, 2.45) is 0 Å². The highest BCUT2D eigenvalue weighted by Gasteiger charge is 2.00. The van der Waals surface area contributed by atoms with Gasteiger partial charge in [0.1, 0.15) is 5.82 Å². The van der Waals surface area contributed by atoms with Crippen LogP contribution in [0.4, 0.5) is 4.39 Å². The van der Waals surface area contributed by atoms with Gasteiger partial charge in [0.15, 0.2) is 0 Å². The minimum atomic E-state index is -0.871. The van der Waals surface area contributed by atoms with E-state index in [0.717, 1.165) is 4.90 Å². The highest BCUT2D eigenvalue weighted by molar-refractivity contribution is 8.00. The molecule has 0 amide bonds. The normalized spacial score (nSPS) is 10.2. The Morgan fingerprint density at radius 2 is 1.45 bits per heavy atom. The average molecular weight is 335 g/mol. The molecule has 1 aromatic carbocycles. The van der Waals surface area contributed by atoms with Crippen LogP contribution in [0.5, 0.6) is 0 Å². The number of rotatable bonds is 9. The quantitative estimate of drug-likeness (QED) is 0.481. The molecule has 0 heterocycles. The van der Waals surface area contributed by atoms with Crippen LogP contribution < -0.4 is 0 Å². The van der Waals surface area contributed by atoms with E-state index in [2.05, 4.69) is 0 Å². The van der Waals surface area contributed by atoms with Gasteiger partial charge in [-0.3, -0.25) is 9.69 Å².